The van der Waals surface area contributed by atoms with Gasteiger partial charge in [0.05, 0.1) is 29.5 Å². The number of rotatable bonds is 16. The Hall–Kier alpha value is -4.88. The fraction of sp³-hybridized carbons (Fsp3) is 0.459. The Labute approximate surface area is 290 Å². The van der Waals surface area contributed by atoms with E-state index in [-0.39, 0.29) is 56.9 Å². The van der Waals surface area contributed by atoms with Gasteiger partial charge in [-0.05, 0) is 50.3 Å². The van der Waals surface area contributed by atoms with Gasteiger partial charge in [0.1, 0.15) is 29.9 Å². The molecule has 2 N–H and O–H groups in total. The molecule has 1 aromatic heterocycles. The van der Waals surface area contributed by atoms with E-state index < -0.39 is 47.7 Å². The molecule has 7 atom stereocenters. The first kappa shape index (κ1) is 35.0. The zero-order chi connectivity index (χ0) is 35.4. The SMILES string of the molecule is C=CCCC(=O)N[C@@H](C)[C@H](OC(=O)[C@@H]1[C@@H]2CC[C@]3(O2)[C@H](C(=O)N(CC=C)Cn2nnc4ccccc42)N(CCCO)C(=O)[C@@H]13)c1ccccc1. The second-order valence-corrected chi connectivity index (χ2v) is 13.2. The van der Waals surface area contributed by atoms with Crippen LogP contribution in [0.25, 0.3) is 11.0 Å². The van der Waals surface area contributed by atoms with E-state index in [9.17, 15) is 24.3 Å². The number of fused-ring (bicyclic) bond motifs is 2. The molecule has 2 aromatic carbocycles. The van der Waals surface area contributed by atoms with Crippen molar-refractivity contribution in [1.82, 2.24) is 30.1 Å². The standard InChI is InChI=1S/C37H44N6O7/c1-4-6-17-29(45)38-24(3)32(25-13-8-7-9-14-25)49-36(48)30-28-18-19-37(50-28)31(30)34(46)42(21-12-22-44)33(37)35(47)41(20-5-2)23-43-27-16-11-10-15-26(27)39-40-43/h4-5,7-11,13-16,24,28,30-33,44H,1-2,6,12,17-23H2,3H3,(H,38,45)/t24-,28-,30+,31+,32-,33-,37+/m0/s1. The molecule has 264 valence electrons. The van der Waals surface area contributed by atoms with E-state index in [0.717, 1.165) is 5.52 Å². The van der Waals surface area contributed by atoms with Crippen molar-refractivity contribution in [2.75, 3.05) is 19.7 Å². The Morgan fingerprint density at radius 1 is 1.16 bits per heavy atom. The van der Waals surface area contributed by atoms with Crippen LogP contribution in [-0.4, -0.2) is 97.1 Å². The summed E-state index contributed by atoms with van der Waals surface area (Å²) in [7, 11) is 0. The topological polar surface area (TPSA) is 156 Å². The molecule has 3 aliphatic heterocycles. The minimum absolute atomic E-state index is 0.0503. The third kappa shape index (κ3) is 6.42. The van der Waals surface area contributed by atoms with Gasteiger partial charge in [0.15, 0.2) is 0 Å². The van der Waals surface area contributed by atoms with Gasteiger partial charge in [0.2, 0.25) is 17.7 Å². The zero-order valence-corrected chi connectivity index (χ0v) is 28.2. The number of nitrogens with one attached hydrogen (secondary N) is 1. The summed E-state index contributed by atoms with van der Waals surface area (Å²) in [6.45, 7) is 9.43. The highest BCUT2D eigenvalue weighted by atomic mass is 16.6. The lowest BCUT2D eigenvalue weighted by atomic mass is 9.70. The molecule has 3 fully saturated rings. The average Bonchev–Trinajstić information content (AvgIpc) is 3.88. The molecule has 13 nitrogen and oxygen atoms in total. The number of aliphatic hydroxyl groups excluding tert-OH is 1. The molecule has 0 aliphatic carbocycles. The maximum atomic E-state index is 14.7. The molecule has 4 heterocycles. The summed E-state index contributed by atoms with van der Waals surface area (Å²) in [6.07, 6.45) is 3.65. The number of carbonyl (C=O) groups excluding carboxylic acids is 4. The largest absolute Gasteiger partial charge is 0.455 e. The van der Waals surface area contributed by atoms with Gasteiger partial charge in [-0.15, -0.1) is 18.3 Å². The molecule has 0 saturated carbocycles. The number of para-hydroxylation sites is 1. The quantitative estimate of drug-likeness (QED) is 0.171. The number of ether oxygens (including phenoxy) is 2. The molecule has 3 saturated heterocycles. The lowest BCUT2D eigenvalue weighted by Gasteiger charge is -2.36. The first-order valence-electron chi connectivity index (χ1n) is 17.2. The summed E-state index contributed by atoms with van der Waals surface area (Å²) in [5, 5.41) is 21.2. The minimum Gasteiger partial charge on any atom is -0.455 e. The molecule has 2 bridgehead atoms. The van der Waals surface area contributed by atoms with E-state index in [1.54, 1.807) is 28.7 Å². The third-order valence-electron chi connectivity index (χ3n) is 10.0. The lowest BCUT2D eigenvalue weighted by molar-refractivity contribution is -0.162. The van der Waals surface area contributed by atoms with Crippen molar-refractivity contribution < 1.29 is 33.8 Å². The van der Waals surface area contributed by atoms with Crippen LogP contribution in [0.1, 0.15) is 50.7 Å². The number of amides is 3. The number of nitrogens with zero attached hydrogens (tertiary/aromatic N) is 5. The number of hydrogen-bond donors (Lipinski definition) is 2. The van der Waals surface area contributed by atoms with Crippen LogP contribution in [-0.2, 0) is 35.3 Å². The van der Waals surface area contributed by atoms with E-state index >= 15 is 0 Å². The fourth-order valence-corrected chi connectivity index (χ4v) is 7.85. The second-order valence-electron chi connectivity index (χ2n) is 13.2. The van der Waals surface area contributed by atoms with Crippen molar-refractivity contribution in [3.05, 3.63) is 85.5 Å². The normalized spacial score (nSPS) is 24.8. The molecule has 3 amide bonds. The molecule has 0 unspecified atom stereocenters. The molecular weight excluding hydrogens is 640 g/mol. The molecule has 3 aromatic rings. The number of likely N-dealkylation sites (tertiary alicyclic amines) is 1. The molecular formula is C37H44N6O7. The molecule has 50 heavy (non-hydrogen) atoms. The average molecular weight is 685 g/mol. The first-order valence-corrected chi connectivity index (χ1v) is 17.2. The van der Waals surface area contributed by atoms with Crippen LogP contribution < -0.4 is 5.32 Å². The Kier molecular flexibility index (Phi) is 10.4. The smallest absolute Gasteiger partial charge is 0.313 e. The molecule has 1 spiro atoms. The van der Waals surface area contributed by atoms with E-state index in [1.165, 1.54) is 4.90 Å². The minimum atomic E-state index is -1.27. The summed E-state index contributed by atoms with van der Waals surface area (Å²) < 4.78 is 14.4. The highest BCUT2D eigenvalue weighted by molar-refractivity contribution is 5.98. The summed E-state index contributed by atoms with van der Waals surface area (Å²) in [5.41, 5.74) is 0.836. The Balaban J connectivity index is 1.29. The number of hydrogen-bond acceptors (Lipinski definition) is 9. The van der Waals surface area contributed by atoms with Gasteiger partial charge < -0.3 is 29.7 Å². The highest BCUT2D eigenvalue weighted by Gasteiger charge is 2.75. The molecule has 6 rings (SSSR count). The van der Waals surface area contributed by atoms with Gasteiger partial charge in [-0.25, -0.2) is 4.68 Å². The summed E-state index contributed by atoms with van der Waals surface area (Å²) in [6, 6.07) is 14.9. The van der Waals surface area contributed by atoms with Gasteiger partial charge in [-0.3, -0.25) is 19.2 Å². The monoisotopic (exact) mass is 684 g/mol. The molecule has 0 radical (unpaired) electrons. The van der Waals surface area contributed by atoms with Crippen molar-refractivity contribution in [2.24, 2.45) is 11.8 Å². The first-order chi connectivity index (χ1) is 24.2. The number of allylic oxidation sites excluding steroid dienone is 1. The lowest BCUT2D eigenvalue weighted by Crippen LogP contribution is -2.56. The van der Waals surface area contributed by atoms with Crippen molar-refractivity contribution in [3.63, 3.8) is 0 Å². The Bertz CT molecular complexity index is 1750. The van der Waals surface area contributed by atoms with Gasteiger partial charge in [0, 0.05) is 26.1 Å². The van der Waals surface area contributed by atoms with Crippen LogP contribution in [0, 0.1) is 11.8 Å². The maximum absolute atomic E-state index is 14.7. The predicted molar refractivity (Wildman–Crippen MR) is 183 cm³/mol. The Morgan fingerprint density at radius 2 is 1.92 bits per heavy atom. The van der Waals surface area contributed by atoms with E-state index in [1.807, 2.05) is 54.6 Å². The Morgan fingerprint density at radius 3 is 2.66 bits per heavy atom. The van der Waals surface area contributed by atoms with Crippen molar-refractivity contribution in [1.29, 1.82) is 0 Å². The van der Waals surface area contributed by atoms with Crippen molar-refractivity contribution in [3.8, 4) is 0 Å². The van der Waals surface area contributed by atoms with E-state index in [2.05, 4.69) is 28.8 Å². The van der Waals surface area contributed by atoms with Crippen LogP contribution >= 0.6 is 0 Å². The number of aromatic nitrogens is 3. The molecule has 3 aliphatic rings. The van der Waals surface area contributed by atoms with E-state index in [0.29, 0.717) is 30.3 Å². The summed E-state index contributed by atoms with van der Waals surface area (Å²) in [5.74, 6) is -3.51. The van der Waals surface area contributed by atoms with Gasteiger partial charge in [-0.1, -0.05) is 59.8 Å². The van der Waals surface area contributed by atoms with Crippen LogP contribution in [0.15, 0.2) is 79.9 Å². The maximum Gasteiger partial charge on any atom is 0.313 e. The van der Waals surface area contributed by atoms with Gasteiger partial charge >= 0.3 is 5.97 Å². The van der Waals surface area contributed by atoms with E-state index in [4.69, 9.17) is 9.47 Å². The van der Waals surface area contributed by atoms with Crippen LogP contribution in [0.3, 0.4) is 0 Å². The summed E-state index contributed by atoms with van der Waals surface area (Å²) in [4.78, 5) is 59.0. The van der Waals surface area contributed by atoms with Crippen LogP contribution in [0.2, 0.25) is 0 Å². The van der Waals surface area contributed by atoms with Gasteiger partial charge in [-0.2, -0.15) is 0 Å². The van der Waals surface area contributed by atoms with Crippen LogP contribution in [0.5, 0.6) is 0 Å². The second kappa shape index (κ2) is 14.9. The zero-order valence-electron chi connectivity index (χ0n) is 28.2. The van der Waals surface area contributed by atoms with Crippen LogP contribution in [0.4, 0.5) is 0 Å². The molecule has 13 heteroatoms. The van der Waals surface area contributed by atoms with Gasteiger partial charge in [0.25, 0.3) is 0 Å². The number of carbonyl (C=O) groups is 4. The third-order valence-corrected chi connectivity index (χ3v) is 10.0. The van der Waals surface area contributed by atoms with Crippen molar-refractivity contribution in [2.45, 2.75) is 75.6 Å². The predicted octanol–water partition coefficient (Wildman–Crippen LogP) is 2.92. The fourth-order valence-electron chi connectivity index (χ4n) is 7.85. The number of benzene rings is 2. The summed E-state index contributed by atoms with van der Waals surface area (Å²) >= 11 is 0. The van der Waals surface area contributed by atoms with Crippen molar-refractivity contribution >= 4 is 34.7 Å². The number of aliphatic hydroxyl groups is 1. The number of esters is 1. The highest BCUT2D eigenvalue weighted by Crippen LogP contribution is 2.59.